The van der Waals surface area contributed by atoms with Gasteiger partial charge in [0.05, 0.1) is 11.7 Å². The minimum absolute atomic E-state index is 0.123. The van der Waals surface area contributed by atoms with E-state index in [-0.39, 0.29) is 11.7 Å². The standard InChI is InChI=1S/C17H23NO3/c1-2-3-4-5-6-7-12-17(20)21-18-13-16(19)14-10-8-9-11-15(14)18/h8-11,13,19H,2-7,12H2,1H3. The summed E-state index contributed by atoms with van der Waals surface area (Å²) in [6, 6.07) is 7.29. The quantitative estimate of drug-likeness (QED) is 0.746. The summed E-state index contributed by atoms with van der Waals surface area (Å²) in [4.78, 5) is 17.1. The molecule has 0 aliphatic heterocycles. The van der Waals surface area contributed by atoms with Gasteiger partial charge in [0, 0.05) is 11.8 Å². The van der Waals surface area contributed by atoms with Gasteiger partial charge in [-0.05, 0) is 18.6 Å². The number of carbonyl (C=O) groups is 1. The van der Waals surface area contributed by atoms with E-state index in [2.05, 4.69) is 6.92 Å². The summed E-state index contributed by atoms with van der Waals surface area (Å²) in [5.74, 6) is -0.135. The summed E-state index contributed by atoms with van der Waals surface area (Å²) in [5.41, 5.74) is 0.700. The molecule has 0 aliphatic rings. The van der Waals surface area contributed by atoms with Crippen LogP contribution in [0.25, 0.3) is 10.9 Å². The molecule has 1 heterocycles. The van der Waals surface area contributed by atoms with E-state index in [1.165, 1.54) is 36.6 Å². The van der Waals surface area contributed by atoms with Gasteiger partial charge in [-0.1, -0.05) is 51.2 Å². The number of hydrogen-bond acceptors (Lipinski definition) is 3. The van der Waals surface area contributed by atoms with E-state index >= 15 is 0 Å². The Morgan fingerprint density at radius 3 is 2.67 bits per heavy atom. The van der Waals surface area contributed by atoms with Gasteiger partial charge in [-0.25, -0.2) is 4.79 Å². The fourth-order valence-corrected chi connectivity index (χ4v) is 2.41. The van der Waals surface area contributed by atoms with E-state index in [4.69, 9.17) is 4.84 Å². The van der Waals surface area contributed by atoms with E-state index in [1.807, 2.05) is 18.2 Å². The third-order valence-corrected chi connectivity index (χ3v) is 3.59. The first-order valence-electron chi connectivity index (χ1n) is 7.72. The van der Waals surface area contributed by atoms with Crippen LogP contribution in [-0.4, -0.2) is 15.8 Å². The lowest BCUT2D eigenvalue weighted by Crippen LogP contribution is -2.18. The van der Waals surface area contributed by atoms with Gasteiger partial charge >= 0.3 is 5.97 Å². The average molecular weight is 289 g/mol. The molecule has 1 N–H and O–H groups in total. The van der Waals surface area contributed by atoms with Crippen molar-refractivity contribution in [3.63, 3.8) is 0 Å². The number of benzene rings is 1. The lowest BCUT2D eigenvalue weighted by molar-refractivity contribution is -0.143. The highest BCUT2D eigenvalue weighted by atomic mass is 16.7. The molecule has 2 aromatic rings. The zero-order chi connectivity index (χ0) is 15.1. The van der Waals surface area contributed by atoms with Gasteiger partial charge in [-0.15, -0.1) is 0 Å². The van der Waals surface area contributed by atoms with Crippen molar-refractivity contribution in [3.05, 3.63) is 30.5 Å². The zero-order valence-electron chi connectivity index (χ0n) is 12.5. The first-order chi connectivity index (χ1) is 10.2. The summed E-state index contributed by atoms with van der Waals surface area (Å²) in [6.07, 6.45) is 8.67. The van der Waals surface area contributed by atoms with Crippen LogP contribution in [0.1, 0.15) is 51.9 Å². The summed E-state index contributed by atoms with van der Waals surface area (Å²) < 4.78 is 1.35. The number of aromatic hydroxyl groups is 1. The van der Waals surface area contributed by atoms with Gasteiger partial charge in [0.1, 0.15) is 5.75 Å². The molecule has 0 amide bonds. The lowest BCUT2D eigenvalue weighted by atomic mass is 10.1. The number of aromatic nitrogens is 1. The number of carbonyl (C=O) groups excluding carboxylic acids is 1. The Morgan fingerprint density at radius 2 is 1.86 bits per heavy atom. The van der Waals surface area contributed by atoms with Crippen molar-refractivity contribution >= 4 is 16.9 Å². The minimum Gasteiger partial charge on any atom is -0.506 e. The molecule has 0 fully saturated rings. The summed E-state index contributed by atoms with van der Waals surface area (Å²) in [7, 11) is 0. The second-order valence-electron chi connectivity index (χ2n) is 5.34. The number of hydrogen-bond donors (Lipinski definition) is 1. The van der Waals surface area contributed by atoms with Gasteiger partial charge in [-0.2, -0.15) is 4.73 Å². The maximum Gasteiger partial charge on any atom is 0.332 e. The Bertz CT molecular complexity index is 589. The normalized spacial score (nSPS) is 10.9. The van der Waals surface area contributed by atoms with E-state index < -0.39 is 0 Å². The molecule has 0 unspecified atom stereocenters. The van der Waals surface area contributed by atoms with Gasteiger partial charge < -0.3 is 9.94 Å². The van der Waals surface area contributed by atoms with Crippen LogP contribution in [0.2, 0.25) is 0 Å². The molecule has 114 valence electrons. The Balaban J connectivity index is 1.82. The molecule has 0 aliphatic carbocycles. The van der Waals surface area contributed by atoms with Crippen LogP contribution >= 0.6 is 0 Å². The number of para-hydroxylation sites is 1. The second-order valence-corrected chi connectivity index (χ2v) is 5.34. The van der Waals surface area contributed by atoms with Crippen LogP contribution in [0.3, 0.4) is 0 Å². The van der Waals surface area contributed by atoms with Crippen molar-refractivity contribution in [2.75, 3.05) is 0 Å². The van der Waals surface area contributed by atoms with Crippen molar-refractivity contribution in [3.8, 4) is 5.75 Å². The molecule has 0 radical (unpaired) electrons. The number of unbranched alkanes of at least 4 members (excludes halogenated alkanes) is 5. The van der Waals surface area contributed by atoms with Crippen molar-refractivity contribution in [1.82, 2.24) is 4.73 Å². The van der Waals surface area contributed by atoms with Gasteiger partial charge in [0.15, 0.2) is 0 Å². The predicted octanol–water partition coefficient (Wildman–Crippen LogP) is 4.05. The van der Waals surface area contributed by atoms with Crippen molar-refractivity contribution in [2.24, 2.45) is 0 Å². The Kier molecular flexibility index (Phi) is 5.67. The van der Waals surface area contributed by atoms with Gasteiger partial charge in [-0.3, -0.25) is 0 Å². The molecule has 0 bridgehead atoms. The van der Waals surface area contributed by atoms with Gasteiger partial charge in [0.2, 0.25) is 0 Å². The third kappa shape index (κ3) is 4.25. The third-order valence-electron chi connectivity index (χ3n) is 3.59. The number of fused-ring (bicyclic) bond motifs is 1. The largest absolute Gasteiger partial charge is 0.506 e. The summed E-state index contributed by atoms with van der Waals surface area (Å²) >= 11 is 0. The van der Waals surface area contributed by atoms with Crippen LogP contribution < -0.4 is 4.84 Å². The Morgan fingerprint density at radius 1 is 1.14 bits per heavy atom. The van der Waals surface area contributed by atoms with Gasteiger partial charge in [0.25, 0.3) is 0 Å². The minimum atomic E-state index is -0.258. The molecule has 2 rings (SSSR count). The molecule has 4 nitrogen and oxygen atoms in total. The topological polar surface area (TPSA) is 51.5 Å². The Labute approximate surface area is 125 Å². The summed E-state index contributed by atoms with van der Waals surface area (Å²) in [6.45, 7) is 2.19. The zero-order valence-corrected chi connectivity index (χ0v) is 12.5. The molecule has 0 saturated heterocycles. The molecule has 21 heavy (non-hydrogen) atoms. The first-order valence-corrected chi connectivity index (χ1v) is 7.72. The SMILES string of the molecule is CCCCCCCCC(=O)On1cc(O)c2ccccc21. The highest BCUT2D eigenvalue weighted by molar-refractivity contribution is 5.86. The number of nitrogens with zero attached hydrogens (tertiary/aromatic N) is 1. The maximum absolute atomic E-state index is 11.8. The Hall–Kier alpha value is -1.97. The van der Waals surface area contributed by atoms with Crippen LogP contribution in [0, 0.1) is 0 Å². The molecule has 0 saturated carbocycles. The number of rotatable bonds is 8. The van der Waals surface area contributed by atoms with Crippen molar-refractivity contribution < 1.29 is 14.7 Å². The van der Waals surface area contributed by atoms with Crippen LogP contribution in [-0.2, 0) is 4.79 Å². The molecular formula is C17H23NO3. The molecule has 0 atom stereocenters. The molecule has 0 spiro atoms. The first kappa shape index (κ1) is 15.4. The highest BCUT2D eigenvalue weighted by Crippen LogP contribution is 2.25. The molecule has 1 aromatic carbocycles. The lowest BCUT2D eigenvalue weighted by Gasteiger charge is -2.05. The van der Waals surface area contributed by atoms with Crippen molar-refractivity contribution in [2.45, 2.75) is 51.9 Å². The smallest absolute Gasteiger partial charge is 0.332 e. The average Bonchev–Trinajstić information content (AvgIpc) is 2.80. The van der Waals surface area contributed by atoms with E-state index in [9.17, 15) is 9.90 Å². The van der Waals surface area contributed by atoms with E-state index in [0.29, 0.717) is 17.3 Å². The molecule has 4 heteroatoms. The predicted molar refractivity (Wildman–Crippen MR) is 83.2 cm³/mol. The second kappa shape index (κ2) is 7.72. The molecule has 1 aromatic heterocycles. The van der Waals surface area contributed by atoms with E-state index in [0.717, 1.165) is 12.8 Å². The maximum atomic E-state index is 11.8. The molecular weight excluding hydrogens is 266 g/mol. The summed E-state index contributed by atoms with van der Waals surface area (Å²) in [5, 5.41) is 10.5. The fourth-order valence-electron chi connectivity index (χ4n) is 2.41. The van der Waals surface area contributed by atoms with Crippen LogP contribution in [0.5, 0.6) is 5.75 Å². The van der Waals surface area contributed by atoms with Crippen LogP contribution in [0.4, 0.5) is 0 Å². The van der Waals surface area contributed by atoms with Crippen molar-refractivity contribution in [1.29, 1.82) is 0 Å². The highest BCUT2D eigenvalue weighted by Gasteiger charge is 2.11. The monoisotopic (exact) mass is 289 g/mol. The van der Waals surface area contributed by atoms with E-state index in [1.54, 1.807) is 6.07 Å². The fraction of sp³-hybridized carbons (Fsp3) is 0.471. The van der Waals surface area contributed by atoms with Crippen LogP contribution in [0.15, 0.2) is 30.5 Å².